The summed E-state index contributed by atoms with van der Waals surface area (Å²) in [5.74, 6) is 0. The van der Waals surface area contributed by atoms with Crippen molar-refractivity contribution in [2.75, 3.05) is 0 Å². The highest BCUT2D eigenvalue weighted by molar-refractivity contribution is 5.75. The molecule has 0 atom stereocenters. The zero-order valence-electron chi connectivity index (χ0n) is 6.81. The van der Waals surface area contributed by atoms with Gasteiger partial charge in [0.2, 0.25) is 0 Å². The van der Waals surface area contributed by atoms with Crippen LogP contribution < -0.4 is 0 Å². The molecule has 0 unspecified atom stereocenters. The highest BCUT2D eigenvalue weighted by Crippen LogP contribution is 2.09. The predicted octanol–water partition coefficient (Wildman–Crippen LogP) is 2.23. The second-order valence-electron chi connectivity index (χ2n) is 2.52. The van der Waals surface area contributed by atoms with Crippen molar-refractivity contribution in [1.82, 2.24) is 0 Å². The van der Waals surface area contributed by atoms with Gasteiger partial charge in [-0.2, -0.15) is 0 Å². The van der Waals surface area contributed by atoms with Gasteiger partial charge < -0.3 is 0 Å². The molecule has 3 radical (unpaired) electrons. The van der Waals surface area contributed by atoms with E-state index in [4.69, 9.17) is 0 Å². The molecule has 0 heterocycles. The summed E-state index contributed by atoms with van der Waals surface area (Å²) in [7, 11) is 0. The summed E-state index contributed by atoms with van der Waals surface area (Å²) in [6.45, 7) is 6.44. The van der Waals surface area contributed by atoms with Gasteiger partial charge in [-0.1, -0.05) is 18.2 Å². The van der Waals surface area contributed by atoms with Crippen molar-refractivity contribution in [2.45, 2.75) is 20.8 Å². The zero-order chi connectivity index (χ0) is 6.85. The van der Waals surface area contributed by atoms with Crippen LogP contribution in [0.4, 0.5) is 0 Å². The maximum absolute atomic E-state index is 2.16. The third-order valence-electron chi connectivity index (χ3n) is 1.88. The van der Waals surface area contributed by atoms with Crippen molar-refractivity contribution < 1.29 is 0 Å². The Labute approximate surface area is 64.8 Å². The van der Waals surface area contributed by atoms with Gasteiger partial charge in [-0.3, -0.25) is 0 Å². The van der Waals surface area contributed by atoms with Gasteiger partial charge in [0.25, 0.3) is 0 Å². The molecule has 51 valence electrons. The fourth-order valence-electron chi connectivity index (χ4n) is 0.898. The van der Waals surface area contributed by atoms with Crippen molar-refractivity contribution in [3.63, 3.8) is 0 Å². The van der Waals surface area contributed by atoms with E-state index in [9.17, 15) is 0 Å². The smallest absolute Gasteiger partial charge is 0 e. The molecule has 0 N–H and O–H groups in total. The van der Waals surface area contributed by atoms with Crippen LogP contribution in [-0.2, 0) is 0 Å². The summed E-state index contributed by atoms with van der Waals surface area (Å²) < 4.78 is 0. The first-order valence-corrected chi connectivity index (χ1v) is 3.24. The Morgan fingerprint density at radius 1 is 0.900 bits per heavy atom. The highest BCUT2D eigenvalue weighted by atomic mass is 14.0. The van der Waals surface area contributed by atoms with Gasteiger partial charge in [-0.05, 0) is 37.5 Å². The molecule has 0 aliphatic rings. The molecule has 0 amide bonds. The SMILES string of the molecule is Cc1cccc(C)c1C.[B]. The molecule has 10 heavy (non-hydrogen) atoms. The monoisotopic (exact) mass is 131 g/mol. The van der Waals surface area contributed by atoms with E-state index in [1.54, 1.807) is 0 Å². The molecule has 0 nitrogen and oxygen atoms in total. The Hall–Kier alpha value is -0.715. The zero-order valence-corrected chi connectivity index (χ0v) is 6.81. The normalized spacial score (nSPS) is 8.70. The van der Waals surface area contributed by atoms with E-state index in [1.165, 1.54) is 16.7 Å². The lowest BCUT2D eigenvalue weighted by atomic mass is 10.1. The van der Waals surface area contributed by atoms with E-state index in [0.717, 1.165) is 0 Å². The summed E-state index contributed by atoms with van der Waals surface area (Å²) in [5, 5.41) is 0. The van der Waals surface area contributed by atoms with E-state index < -0.39 is 0 Å². The van der Waals surface area contributed by atoms with E-state index in [2.05, 4.69) is 39.0 Å². The van der Waals surface area contributed by atoms with Crippen molar-refractivity contribution in [3.8, 4) is 0 Å². The van der Waals surface area contributed by atoms with Gasteiger partial charge in [0.1, 0.15) is 0 Å². The lowest BCUT2D eigenvalue weighted by Gasteiger charge is -2.00. The molecule has 0 aromatic heterocycles. The molecule has 0 bridgehead atoms. The van der Waals surface area contributed by atoms with E-state index in [0.29, 0.717) is 0 Å². The molecule has 0 saturated heterocycles. The Morgan fingerprint density at radius 3 is 1.60 bits per heavy atom. The molecule has 0 saturated carbocycles. The molecule has 0 aliphatic heterocycles. The predicted molar refractivity (Wildman–Crippen MR) is 46.4 cm³/mol. The summed E-state index contributed by atoms with van der Waals surface area (Å²) in [4.78, 5) is 0. The summed E-state index contributed by atoms with van der Waals surface area (Å²) in [6.07, 6.45) is 0. The molecule has 0 fully saturated rings. The van der Waals surface area contributed by atoms with Crippen LogP contribution in [0.3, 0.4) is 0 Å². The Kier molecular flexibility index (Phi) is 3.21. The van der Waals surface area contributed by atoms with Gasteiger partial charge in [-0.15, -0.1) is 0 Å². The van der Waals surface area contributed by atoms with Crippen LogP contribution in [0.2, 0.25) is 0 Å². The number of aryl methyl sites for hydroxylation is 2. The quantitative estimate of drug-likeness (QED) is 0.473. The van der Waals surface area contributed by atoms with Gasteiger partial charge in [0, 0.05) is 8.41 Å². The number of benzene rings is 1. The minimum atomic E-state index is 0. The van der Waals surface area contributed by atoms with Gasteiger partial charge >= 0.3 is 0 Å². The van der Waals surface area contributed by atoms with Crippen LogP contribution >= 0.6 is 0 Å². The minimum Gasteiger partial charge on any atom is -0.0617 e. The first-order chi connectivity index (χ1) is 4.22. The third kappa shape index (κ3) is 1.63. The number of hydrogen-bond acceptors (Lipinski definition) is 0. The summed E-state index contributed by atoms with van der Waals surface area (Å²) >= 11 is 0. The summed E-state index contributed by atoms with van der Waals surface area (Å²) in [6, 6.07) is 6.38. The standard InChI is InChI=1S/C9H12.B/c1-7-5-4-6-8(2)9(7)3;/h4-6H,1-3H3;. The van der Waals surface area contributed by atoms with Crippen LogP contribution in [0, 0.1) is 20.8 Å². The molecule has 1 heteroatoms. The largest absolute Gasteiger partial charge is 0.0617 e. The average Bonchev–Trinajstić information content (AvgIpc) is 1.83. The van der Waals surface area contributed by atoms with Crippen molar-refractivity contribution in [1.29, 1.82) is 0 Å². The number of rotatable bonds is 0. The topological polar surface area (TPSA) is 0 Å². The van der Waals surface area contributed by atoms with Crippen LogP contribution in [-0.4, -0.2) is 8.41 Å². The first kappa shape index (κ1) is 9.28. The maximum atomic E-state index is 2.16. The Morgan fingerprint density at radius 2 is 1.30 bits per heavy atom. The third-order valence-corrected chi connectivity index (χ3v) is 1.88. The Balaban J connectivity index is 0.000000810. The van der Waals surface area contributed by atoms with Crippen molar-refractivity contribution in [2.24, 2.45) is 0 Å². The van der Waals surface area contributed by atoms with Crippen LogP contribution in [0.25, 0.3) is 0 Å². The molecular formula is C9H12B. The Bertz CT molecular complexity index is 196. The second-order valence-corrected chi connectivity index (χ2v) is 2.52. The molecule has 0 aliphatic carbocycles. The van der Waals surface area contributed by atoms with Gasteiger partial charge in [0.15, 0.2) is 0 Å². The first-order valence-electron chi connectivity index (χ1n) is 3.24. The minimum absolute atomic E-state index is 0. The van der Waals surface area contributed by atoms with Crippen LogP contribution in [0.5, 0.6) is 0 Å². The number of hydrogen-bond donors (Lipinski definition) is 0. The molecule has 1 aromatic rings. The van der Waals surface area contributed by atoms with Gasteiger partial charge in [-0.25, -0.2) is 0 Å². The molecule has 1 aromatic carbocycles. The van der Waals surface area contributed by atoms with Crippen LogP contribution in [0.1, 0.15) is 16.7 Å². The van der Waals surface area contributed by atoms with Crippen LogP contribution in [0.15, 0.2) is 18.2 Å². The molecule has 0 spiro atoms. The van der Waals surface area contributed by atoms with E-state index >= 15 is 0 Å². The summed E-state index contributed by atoms with van der Waals surface area (Å²) in [5.41, 5.74) is 4.18. The van der Waals surface area contributed by atoms with Gasteiger partial charge in [0.05, 0.1) is 0 Å². The molecular weight excluding hydrogens is 119 g/mol. The van der Waals surface area contributed by atoms with E-state index in [1.807, 2.05) is 0 Å². The van der Waals surface area contributed by atoms with Crippen molar-refractivity contribution in [3.05, 3.63) is 34.9 Å². The maximum Gasteiger partial charge on any atom is 0 e. The second kappa shape index (κ2) is 3.45. The van der Waals surface area contributed by atoms with Crippen molar-refractivity contribution >= 4 is 8.41 Å². The average molecular weight is 131 g/mol. The fraction of sp³-hybridized carbons (Fsp3) is 0.333. The van der Waals surface area contributed by atoms with E-state index in [-0.39, 0.29) is 8.41 Å². The lowest BCUT2D eigenvalue weighted by molar-refractivity contribution is 1.27. The fourth-order valence-corrected chi connectivity index (χ4v) is 0.898. The lowest BCUT2D eigenvalue weighted by Crippen LogP contribution is -1.82. The highest BCUT2D eigenvalue weighted by Gasteiger charge is 1.91. The molecule has 1 rings (SSSR count).